The van der Waals surface area contributed by atoms with Crippen molar-refractivity contribution in [2.24, 2.45) is 11.5 Å². The van der Waals surface area contributed by atoms with Gasteiger partial charge in [-0.25, -0.2) is 4.98 Å². The molecule has 3 amide bonds. The Morgan fingerprint density at radius 3 is 2.26 bits per heavy atom. The molecule has 4 aromatic rings. The molecule has 3 aromatic carbocycles. The minimum Gasteiger partial charge on any atom is -0.494 e. The van der Waals surface area contributed by atoms with Gasteiger partial charge in [-0.05, 0) is 60.7 Å². The van der Waals surface area contributed by atoms with Crippen LogP contribution in [-0.2, 0) is 35.5 Å². The van der Waals surface area contributed by atoms with E-state index in [2.05, 4.69) is 15.6 Å². The van der Waals surface area contributed by atoms with E-state index in [0.29, 0.717) is 24.4 Å². The molecule has 10 heteroatoms. The number of aromatic nitrogens is 1. The number of nitrogens with zero attached hydrogens (tertiary/aromatic N) is 1. The van der Waals surface area contributed by atoms with E-state index in [9.17, 15) is 14.4 Å². The smallest absolute Gasteiger partial charge is 0.249 e. The summed E-state index contributed by atoms with van der Waals surface area (Å²) in [4.78, 5) is 44.3. The molecule has 2 atom stereocenters. The number of hydrogen-bond acceptors (Lipinski definition) is 7. The average molecular weight is 600 g/mol. The van der Waals surface area contributed by atoms with Crippen LogP contribution in [0.2, 0.25) is 0 Å². The molecule has 224 valence electrons. The van der Waals surface area contributed by atoms with Gasteiger partial charge in [-0.15, -0.1) is 11.3 Å². The Labute approximate surface area is 255 Å². The molecule has 9 nitrogen and oxygen atoms in total. The number of rotatable bonds is 14. The number of benzene rings is 3. The number of nitrogens with two attached hydrogens (primary N) is 2. The molecule has 43 heavy (non-hydrogen) atoms. The molecule has 0 saturated carbocycles. The lowest BCUT2D eigenvalue weighted by Gasteiger charge is -2.24. The summed E-state index contributed by atoms with van der Waals surface area (Å²) < 4.78 is 5.56. The molecule has 0 saturated heterocycles. The van der Waals surface area contributed by atoms with E-state index < -0.39 is 23.8 Å². The van der Waals surface area contributed by atoms with Gasteiger partial charge in [0.1, 0.15) is 11.8 Å². The first-order valence-corrected chi connectivity index (χ1v) is 15.1. The number of amides is 3. The molecule has 0 spiro atoms. The fourth-order valence-electron chi connectivity index (χ4n) is 4.80. The van der Waals surface area contributed by atoms with E-state index in [1.54, 1.807) is 23.7 Å². The van der Waals surface area contributed by atoms with Gasteiger partial charge in [-0.2, -0.15) is 0 Å². The SMILES string of the molecule is CCOc1ccc(C[C@@H](C(=O)N[C@@H](Cc2cscn2)C(=O)NCc2ccc(CN)cc2)c2cc(C)ccc2C(N)=O)cc1. The minimum atomic E-state index is -0.900. The Kier molecular flexibility index (Phi) is 11.0. The standard InChI is InChI=1S/C33H37N5O4S/c1-3-42-26-11-9-22(10-12-26)15-29(28-14-21(2)4-13-27(28)31(35)39)32(40)38-30(16-25-19-43-20-37-25)33(41)36-18-24-7-5-23(17-34)6-8-24/h4-14,19-20,29-30H,3,15-18,34H2,1-2H3,(H2,35,39)(H,36,41)(H,38,40)/t29-,30+/m1/s1. The zero-order valence-corrected chi connectivity index (χ0v) is 25.2. The number of primary amides is 1. The topological polar surface area (TPSA) is 149 Å². The van der Waals surface area contributed by atoms with E-state index in [0.717, 1.165) is 28.0 Å². The Balaban J connectivity index is 1.61. The van der Waals surface area contributed by atoms with E-state index >= 15 is 0 Å². The number of ether oxygens (including phenoxy) is 1. The minimum absolute atomic E-state index is 0.208. The van der Waals surface area contributed by atoms with E-state index in [1.165, 1.54) is 11.3 Å². The molecule has 4 rings (SSSR count). The number of thiazole rings is 1. The quantitative estimate of drug-likeness (QED) is 0.173. The highest BCUT2D eigenvalue weighted by molar-refractivity contribution is 7.07. The zero-order chi connectivity index (χ0) is 30.8. The third-order valence-electron chi connectivity index (χ3n) is 7.09. The molecule has 1 heterocycles. The highest BCUT2D eigenvalue weighted by atomic mass is 32.1. The Bertz CT molecular complexity index is 1520. The molecular formula is C33H37N5O4S. The van der Waals surface area contributed by atoms with Gasteiger partial charge in [0.05, 0.1) is 23.7 Å². The maximum atomic E-state index is 14.1. The van der Waals surface area contributed by atoms with Crippen molar-refractivity contribution in [3.8, 4) is 5.75 Å². The molecule has 6 N–H and O–H groups in total. The van der Waals surface area contributed by atoms with Crippen molar-refractivity contribution in [2.45, 2.75) is 51.7 Å². The summed E-state index contributed by atoms with van der Waals surface area (Å²) in [5.74, 6) is -1.45. The van der Waals surface area contributed by atoms with Crippen molar-refractivity contribution in [3.05, 3.63) is 117 Å². The Morgan fingerprint density at radius 1 is 0.930 bits per heavy atom. The van der Waals surface area contributed by atoms with Gasteiger partial charge in [0.15, 0.2) is 0 Å². The molecule has 0 aliphatic heterocycles. The molecule has 0 aliphatic carbocycles. The number of aryl methyl sites for hydroxylation is 1. The van der Waals surface area contributed by atoms with Crippen LogP contribution in [0.1, 0.15) is 56.7 Å². The maximum Gasteiger partial charge on any atom is 0.249 e. The number of carbonyl (C=O) groups is 3. The van der Waals surface area contributed by atoms with Crippen LogP contribution in [0.15, 0.2) is 77.6 Å². The van der Waals surface area contributed by atoms with Gasteiger partial charge < -0.3 is 26.8 Å². The fraction of sp³-hybridized carbons (Fsp3) is 0.273. The van der Waals surface area contributed by atoms with Crippen LogP contribution in [0, 0.1) is 6.92 Å². The largest absolute Gasteiger partial charge is 0.494 e. The predicted octanol–water partition coefficient (Wildman–Crippen LogP) is 3.78. The summed E-state index contributed by atoms with van der Waals surface area (Å²) >= 11 is 1.41. The van der Waals surface area contributed by atoms with Crippen molar-refractivity contribution in [1.82, 2.24) is 15.6 Å². The predicted molar refractivity (Wildman–Crippen MR) is 168 cm³/mol. The summed E-state index contributed by atoms with van der Waals surface area (Å²) in [7, 11) is 0. The lowest BCUT2D eigenvalue weighted by atomic mass is 9.86. The second-order valence-corrected chi connectivity index (χ2v) is 11.0. The summed E-state index contributed by atoms with van der Waals surface area (Å²) in [6, 6.07) is 19.4. The first-order valence-electron chi connectivity index (χ1n) is 14.1. The molecule has 1 aromatic heterocycles. The van der Waals surface area contributed by atoms with Crippen LogP contribution in [0.25, 0.3) is 0 Å². The molecule has 0 fully saturated rings. The van der Waals surface area contributed by atoms with Gasteiger partial charge >= 0.3 is 0 Å². The summed E-state index contributed by atoms with van der Waals surface area (Å²) in [5.41, 5.74) is 18.2. The van der Waals surface area contributed by atoms with Gasteiger partial charge in [0.2, 0.25) is 17.7 Å². The molecule has 0 radical (unpaired) electrons. The van der Waals surface area contributed by atoms with E-state index in [-0.39, 0.29) is 30.9 Å². The van der Waals surface area contributed by atoms with Crippen LogP contribution >= 0.6 is 11.3 Å². The van der Waals surface area contributed by atoms with Gasteiger partial charge in [0.25, 0.3) is 0 Å². The normalized spacial score (nSPS) is 12.3. The molecule has 0 aliphatic rings. The average Bonchev–Trinajstić information content (AvgIpc) is 3.52. The van der Waals surface area contributed by atoms with Crippen molar-refractivity contribution in [2.75, 3.05) is 6.61 Å². The second-order valence-electron chi connectivity index (χ2n) is 10.3. The van der Waals surface area contributed by atoms with Crippen molar-refractivity contribution in [3.63, 3.8) is 0 Å². The monoisotopic (exact) mass is 599 g/mol. The maximum absolute atomic E-state index is 14.1. The van der Waals surface area contributed by atoms with Crippen molar-refractivity contribution in [1.29, 1.82) is 0 Å². The summed E-state index contributed by atoms with van der Waals surface area (Å²) in [5, 5.41) is 7.76. The fourth-order valence-corrected chi connectivity index (χ4v) is 5.37. The molecule has 0 bridgehead atoms. The van der Waals surface area contributed by atoms with Crippen LogP contribution < -0.4 is 26.8 Å². The van der Waals surface area contributed by atoms with Gasteiger partial charge in [0, 0.05) is 30.5 Å². The summed E-state index contributed by atoms with van der Waals surface area (Å²) in [6.07, 6.45) is 0.486. The zero-order valence-electron chi connectivity index (χ0n) is 24.3. The van der Waals surface area contributed by atoms with Crippen LogP contribution in [0.3, 0.4) is 0 Å². The third kappa shape index (κ3) is 8.73. The van der Waals surface area contributed by atoms with Crippen molar-refractivity contribution >= 4 is 29.1 Å². The highest BCUT2D eigenvalue weighted by Crippen LogP contribution is 2.27. The second kappa shape index (κ2) is 15.1. The number of hydrogen-bond donors (Lipinski definition) is 4. The summed E-state index contributed by atoms with van der Waals surface area (Å²) in [6.45, 7) is 5.06. The van der Waals surface area contributed by atoms with Crippen LogP contribution in [0.4, 0.5) is 0 Å². The van der Waals surface area contributed by atoms with Gasteiger partial charge in [-0.3, -0.25) is 14.4 Å². The van der Waals surface area contributed by atoms with E-state index in [4.69, 9.17) is 16.2 Å². The van der Waals surface area contributed by atoms with E-state index in [1.807, 2.05) is 67.8 Å². The molecule has 0 unspecified atom stereocenters. The lowest BCUT2D eigenvalue weighted by Crippen LogP contribution is -2.49. The van der Waals surface area contributed by atoms with Gasteiger partial charge in [-0.1, -0.05) is 54.1 Å². The first kappa shape index (κ1) is 31.4. The highest BCUT2D eigenvalue weighted by Gasteiger charge is 2.30. The van der Waals surface area contributed by atoms with Crippen LogP contribution in [-0.4, -0.2) is 35.4 Å². The Morgan fingerprint density at radius 2 is 1.63 bits per heavy atom. The lowest BCUT2D eigenvalue weighted by molar-refractivity contribution is -0.129. The third-order valence-corrected chi connectivity index (χ3v) is 7.73. The number of nitrogens with one attached hydrogen (secondary N) is 2. The van der Waals surface area contributed by atoms with Crippen molar-refractivity contribution < 1.29 is 19.1 Å². The Hall–Kier alpha value is -4.54. The van der Waals surface area contributed by atoms with Crippen LogP contribution in [0.5, 0.6) is 5.75 Å². The first-order chi connectivity index (χ1) is 20.8. The molecular weight excluding hydrogens is 562 g/mol. The number of carbonyl (C=O) groups excluding carboxylic acids is 3.